The van der Waals surface area contributed by atoms with E-state index in [0.717, 1.165) is 18.9 Å². The van der Waals surface area contributed by atoms with Crippen LogP contribution >= 0.6 is 45.2 Å². The van der Waals surface area contributed by atoms with Crippen molar-refractivity contribution in [2.45, 2.75) is 6.92 Å². The average Bonchev–Trinajstić information content (AvgIpc) is 2.47. The maximum absolute atomic E-state index is 11.5. The van der Waals surface area contributed by atoms with Gasteiger partial charge in [-0.25, -0.2) is 9.67 Å². The van der Waals surface area contributed by atoms with Crippen LogP contribution in [0.4, 0.5) is 0 Å². The summed E-state index contributed by atoms with van der Waals surface area (Å²) in [4.78, 5) is 15.8. The van der Waals surface area contributed by atoms with E-state index in [1.165, 1.54) is 4.68 Å². The summed E-state index contributed by atoms with van der Waals surface area (Å²) in [6.45, 7) is 1.90. The zero-order valence-corrected chi connectivity index (χ0v) is 12.9. The van der Waals surface area contributed by atoms with Crippen LogP contribution in [0.3, 0.4) is 0 Å². The van der Waals surface area contributed by atoms with Gasteiger partial charge in [0, 0.05) is 13.1 Å². The molecule has 0 radical (unpaired) electrons. The molecule has 0 fully saturated rings. The van der Waals surface area contributed by atoms with Crippen LogP contribution in [0, 0.1) is 14.3 Å². The Morgan fingerprint density at radius 1 is 1.38 bits per heavy atom. The number of hydrogen-bond acceptors (Lipinski definition) is 3. The maximum Gasteiger partial charge on any atom is 0.268 e. The molecule has 16 heavy (non-hydrogen) atoms. The summed E-state index contributed by atoms with van der Waals surface area (Å²) in [5.41, 5.74) is 0.622. The minimum atomic E-state index is -0.128. The summed E-state index contributed by atoms with van der Waals surface area (Å²) in [5.74, 6) is 0.851. The predicted molar refractivity (Wildman–Crippen MR) is 76.8 cm³/mol. The van der Waals surface area contributed by atoms with E-state index in [4.69, 9.17) is 0 Å². The van der Waals surface area contributed by atoms with Gasteiger partial charge in [-0.05, 0) is 52.1 Å². The van der Waals surface area contributed by atoms with E-state index in [2.05, 4.69) is 55.3 Å². The molecule has 0 saturated carbocycles. The van der Waals surface area contributed by atoms with Crippen molar-refractivity contribution in [1.82, 2.24) is 19.3 Å². The van der Waals surface area contributed by atoms with Gasteiger partial charge in [-0.1, -0.05) is 0 Å². The molecule has 0 aromatic carbocycles. The zero-order valence-electron chi connectivity index (χ0n) is 8.61. The number of hydrogen-bond donors (Lipinski definition) is 0. The first-order chi connectivity index (χ1) is 7.50. The molecule has 0 aliphatic carbocycles. The van der Waals surface area contributed by atoms with Crippen molar-refractivity contribution in [3.05, 3.63) is 35.8 Å². The number of aryl methyl sites for hydroxylation is 2. The molecule has 84 valence electrons. The molecule has 2 heterocycles. The fourth-order valence-corrected chi connectivity index (χ4v) is 2.69. The molecule has 7 heteroatoms. The van der Waals surface area contributed by atoms with E-state index < -0.39 is 0 Å². The van der Waals surface area contributed by atoms with Crippen LogP contribution in [0.25, 0.3) is 5.69 Å². The van der Waals surface area contributed by atoms with Gasteiger partial charge in [0.2, 0.25) is 0 Å². The predicted octanol–water partition coefficient (Wildman–Crippen LogP) is 1.48. The summed E-state index contributed by atoms with van der Waals surface area (Å²) in [6, 6.07) is 1.56. The van der Waals surface area contributed by atoms with Gasteiger partial charge in [-0.15, -0.1) is 0 Å². The van der Waals surface area contributed by atoms with E-state index in [-0.39, 0.29) is 5.56 Å². The summed E-state index contributed by atoms with van der Waals surface area (Å²) in [5, 5.41) is 4.00. The Morgan fingerprint density at radius 3 is 2.56 bits per heavy atom. The lowest BCUT2D eigenvalue weighted by atomic mass is 10.4. The number of halogens is 2. The topological polar surface area (TPSA) is 52.7 Å². The largest absolute Gasteiger partial charge is 0.289 e. The minimum absolute atomic E-state index is 0.128. The van der Waals surface area contributed by atoms with Gasteiger partial charge in [0.05, 0.1) is 11.9 Å². The molecule has 0 atom stereocenters. The lowest BCUT2D eigenvalue weighted by Gasteiger charge is -2.06. The molecule has 2 rings (SSSR count). The Labute approximate surface area is 119 Å². The summed E-state index contributed by atoms with van der Waals surface area (Å²) in [7, 11) is 1.63. The van der Waals surface area contributed by atoms with Gasteiger partial charge >= 0.3 is 0 Å². The maximum atomic E-state index is 11.5. The second-order valence-corrected chi connectivity index (χ2v) is 5.30. The van der Waals surface area contributed by atoms with Crippen molar-refractivity contribution in [3.63, 3.8) is 0 Å². The molecule has 0 aliphatic heterocycles. The van der Waals surface area contributed by atoms with Crippen LogP contribution in [0.15, 0.2) is 17.1 Å². The highest BCUT2D eigenvalue weighted by atomic mass is 127. The van der Waals surface area contributed by atoms with Crippen LogP contribution in [-0.2, 0) is 7.05 Å². The van der Waals surface area contributed by atoms with Crippen molar-refractivity contribution in [2.75, 3.05) is 0 Å². The highest BCUT2D eigenvalue weighted by Gasteiger charge is 2.12. The number of imidazole rings is 1. The summed E-state index contributed by atoms with van der Waals surface area (Å²) < 4.78 is 5.13. The molecule has 0 saturated heterocycles. The Hall–Kier alpha value is -0.450. The lowest BCUT2D eigenvalue weighted by molar-refractivity contribution is 0.700. The van der Waals surface area contributed by atoms with Crippen LogP contribution in [0.1, 0.15) is 5.82 Å². The second-order valence-electron chi connectivity index (χ2n) is 3.25. The average molecular weight is 442 g/mol. The quantitative estimate of drug-likeness (QED) is 0.630. The van der Waals surface area contributed by atoms with Crippen LogP contribution in [-0.4, -0.2) is 19.3 Å². The molecule has 5 nitrogen and oxygen atoms in total. The SMILES string of the molecule is Cc1nc(I)c(I)n1-c1cnn(C)c(=O)c1. The Bertz CT molecular complexity index is 602. The highest BCUT2D eigenvalue weighted by Crippen LogP contribution is 2.19. The monoisotopic (exact) mass is 442 g/mol. The van der Waals surface area contributed by atoms with Crippen LogP contribution in [0.2, 0.25) is 0 Å². The van der Waals surface area contributed by atoms with Gasteiger partial charge < -0.3 is 0 Å². The smallest absolute Gasteiger partial charge is 0.268 e. The summed E-state index contributed by atoms with van der Waals surface area (Å²) >= 11 is 4.38. The van der Waals surface area contributed by atoms with Crippen molar-refractivity contribution in [2.24, 2.45) is 7.05 Å². The normalized spacial score (nSPS) is 10.8. The van der Waals surface area contributed by atoms with Gasteiger partial charge in [0.1, 0.15) is 13.2 Å². The lowest BCUT2D eigenvalue weighted by Crippen LogP contribution is -2.19. The molecule has 0 spiro atoms. The first-order valence-corrected chi connectivity index (χ1v) is 6.60. The van der Waals surface area contributed by atoms with E-state index in [0.29, 0.717) is 0 Å². The van der Waals surface area contributed by atoms with Gasteiger partial charge in [-0.3, -0.25) is 9.36 Å². The first-order valence-electron chi connectivity index (χ1n) is 4.45. The molecule has 0 aliphatic rings. The standard InChI is InChI=1S/C9H8I2N4O/c1-5-13-8(10)9(11)15(5)6-3-7(16)14(2)12-4-6/h3-4H,1-2H3. The molecule has 0 N–H and O–H groups in total. The van der Waals surface area contributed by atoms with Gasteiger partial charge in [-0.2, -0.15) is 5.10 Å². The third-order valence-corrected chi connectivity index (χ3v) is 4.94. The van der Waals surface area contributed by atoms with E-state index in [1.807, 2.05) is 11.5 Å². The Kier molecular flexibility index (Phi) is 3.33. The van der Waals surface area contributed by atoms with E-state index >= 15 is 0 Å². The third-order valence-electron chi connectivity index (χ3n) is 2.16. The second kappa shape index (κ2) is 4.43. The first kappa shape index (κ1) is 12.0. The number of nitrogens with zero attached hydrogens (tertiary/aromatic N) is 4. The zero-order chi connectivity index (χ0) is 11.9. The van der Waals surface area contributed by atoms with Crippen molar-refractivity contribution < 1.29 is 0 Å². The van der Waals surface area contributed by atoms with Gasteiger partial charge in [0.15, 0.2) is 0 Å². The van der Waals surface area contributed by atoms with Gasteiger partial charge in [0.25, 0.3) is 5.56 Å². The van der Waals surface area contributed by atoms with Crippen LogP contribution < -0.4 is 5.56 Å². The molecule has 0 bridgehead atoms. The fraction of sp³-hybridized carbons (Fsp3) is 0.222. The van der Waals surface area contributed by atoms with Crippen LogP contribution in [0.5, 0.6) is 0 Å². The molecular formula is C9H8I2N4O. The molecule has 2 aromatic heterocycles. The fourth-order valence-electron chi connectivity index (χ4n) is 1.35. The van der Waals surface area contributed by atoms with E-state index in [1.54, 1.807) is 19.3 Å². The third kappa shape index (κ3) is 2.01. The van der Waals surface area contributed by atoms with Crippen molar-refractivity contribution >= 4 is 45.2 Å². The minimum Gasteiger partial charge on any atom is -0.289 e. The number of aromatic nitrogens is 4. The Morgan fingerprint density at radius 2 is 2.06 bits per heavy atom. The Balaban J connectivity index is 2.67. The van der Waals surface area contributed by atoms with Crippen molar-refractivity contribution in [1.29, 1.82) is 0 Å². The molecule has 2 aromatic rings. The van der Waals surface area contributed by atoms with E-state index in [9.17, 15) is 4.79 Å². The molecule has 0 amide bonds. The summed E-state index contributed by atoms with van der Waals surface area (Å²) in [6.07, 6.45) is 1.66. The highest BCUT2D eigenvalue weighted by molar-refractivity contribution is 14.1. The van der Waals surface area contributed by atoms with Crippen molar-refractivity contribution in [3.8, 4) is 5.69 Å². The molecule has 0 unspecified atom stereocenters. The molecular weight excluding hydrogens is 434 g/mol. The number of rotatable bonds is 1.